The summed E-state index contributed by atoms with van der Waals surface area (Å²) in [5, 5.41) is 17.2. The van der Waals surface area contributed by atoms with E-state index in [0.717, 1.165) is 32.1 Å². The fourth-order valence-electron chi connectivity index (χ4n) is 2.73. The molecule has 3 rings (SSSR count). The van der Waals surface area contributed by atoms with Gasteiger partial charge in [0.1, 0.15) is 5.75 Å². The summed E-state index contributed by atoms with van der Waals surface area (Å²) in [5.74, 6) is -0.0940. The number of benzene rings is 1. The summed E-state index contributed by atoms with van der Waals surface area (Å²) < 4.78 is 20.9. The predicted octanol–water partition coefficient (Wildman–Crippen LogP) is 3.24. The zero-order valence-corrected chi connectivity index (χ0v) is 16.6. The second-order valence-corrected chi connectivity index (χ2v) is 6.97. The Balaban J connectivity index is 2.00. The molecule has 0 bridgehead atoms. The molecule has 0 fully saturated rings. The normalized spacial score (nSPS) is 11.9. The van der Waals surface area contributed by atoms with E-state index in [1.54, 1.807) is 26.4 Å². The third-order valence-electron chi connectivity index (χ3n) is 4.12. The van der Waals surface area contributed by atoms with Gasteiger partial charge >= 0.3 is 0 Å². The van der Waals surface area contributed by atoms with Crippen molar-refractivity contribution in [3.05, 3.63) is 65.8 Å². The van der Waals surface area contributed by atoms with Gasteiger partial charge in [0, 0.05) is 53.3 Å². The first-order chi connectivity index (χ1) is 14.0. The number of rotatable bonds is 4. The molecule has 0 amide bonds. The average Bonchev–Trinajstić information content (AvgIpc) is 2.73. The highest BCUT2D eigenvalue weighted by atomic mass is 32.2. The van der Waals surface area contributed by atoms with Crippen molar-refractivity contribution in [3.8, 4) is 5.75 Å². The lowest BCUT2D eigenvalue weighted by atomic mass is 10.1. The van der Waals surface area contributed by atoms with Crippen LogP contribution >= 0.6 is 11.8 Å². The highest BCUT2D eigenvalue weighted by Crippen LogP contribution is 2.29. The highest BCUT2D eigenvalue weighted by Gasteiger charge is 2.12. The molecule has 0 spiro atoms. The molecular weight excluding hydrogens is 391 g/mol. The smallest absolute Gasteiger partial charge is 0.171 e. The fourth-order valence-corrected chi connectivity index (χ4v) is 3.51. The minimum atomic E-state index is -0.763. The second-order valence-electron chi connectivity index (χ2n) is 5.90. The first-order valence-corrected chi connectivity index (χ1v) is 9.31. The van der Waals surface area contributed by atoms with Gasteiger partial charge in [-0.25, -0.2) is 4.39 Å². The van der Waals surface area contributed by atoms with E-state index in [0.29, 0.717) is 16.9 Å². The Morgan fingerprint density at radius 3 is 2.83 bits per heavy atom. The number of thioether (sulfide) groups is 1. The number of nitrogens with two attached hydrogens (primary N) is 1. The van der Waals surface area contributed by atoms with Crippen molar-refractivity contribution in [1.29, 1.82) is 10.8 Å². The van der Waals surface area contributed by atoms with Crippen LogP contribution in [0.3, 0.4) is 0 Å². The monoisotopic (exact) mass is 410 g/mol. The van der Waals surface area contributed by atoms with Crippen LogP contribution < -0.4 is 16.0 Å². The number of aromatic nitrogens is 2. The summed E-state index contributed by atoms with van der Waals surface area (Å²) in [6, 6.07) is 8.44. The molecule has 9 heteroatoms. The lowest BCUT2D eigenvalue weighted by molar-refractivity contribution is 0.419. The van der Waals surface area contributed by atoms with Crippen LogP contribution in [0.5, 0.6) is 5.75 Å². The summed E-state index contributed by atoms with van der Waals surface area (Å²) in [6.45, 7) is 0. The van der Waals surface area contributed by atoms with Crippen LogP contribution in [0.15, 0.2) is 58.8 Å². The van der Waals surface area contributed by atoms with E-state index >= 15 is 0 Å². The molecule has 3 aromatic rings. The van der Waals surface area contributed by atoms with Crippen molar-refractivity contribution in [2.24, 2.45) is 10.7 Å². The molecule has 0 radical (unpaired) electrons. The van der Waals surface area contributed by atoms with Crippen LogP contribution in [-0.4, -0.2) is 35.1 Å². The Bertz CT molecular complexity index is 1200. The van der Waals surface area contributed by atoms with Gasteiger partial charge in [-0.3, -0.25) is 25.4 Å². The molecule has 0 aliphatic rings. The number of allylic oxidation sites excluding steroid dienone is 1. The molecule has 0 atom stereocenters. The zero-order valence-electron chi connectivity index (χ0n) is 15.8. The van der Waals surface area contributed by atoms with Gasteiger partial charge in [0.2, 0.25) is 0 Å². The van der Waals surface area contributed by atoms with E-state index in [1.807, 2.05) is 18.2 Å². The zero-order chi connectivity index (χ0) is 21.0. The molecular formula is C20H19FN6OS. The molecule has 0 saturated carbocycles. The van der Waals surface area contributed by atoms with Gasteiger partial charge in [-0.05, 0) is 30.3 Å². The number of ether oxygens (including phenoxy) is 1. The van der Waals surface area contributed by atoms with Gasteiger partial charge in [0.15, 0.2) is 16.5 Å². The van der Waals surface area contributed by atoms with Crippen LogP contribution in [0.1, 0.15) is 5.56 Å². The number of aliphatic imine (C=N–C) groups is 1. The first kappa shape index (κ1) is 20.3. The van der Waals surface area contributed by atoms with Gasteiger partial charge in [0.25, 0.3) is 0 Å². The highest BCUT2D eigenvalue weighted by molar-refractivity contribution is 8.13. The molecule has 1 aromatic carbocycles. The average molecular weight is 410 g/mol. The van der Waals surface area contributed by atoms with Gasteiger partial charge in [-0.15, -0.1) is 0 Å². The maximum absolute atomic E-state index is 14.3. The summed E-state index contributed by atoms with van der Waals surface area (Å²) in [5.41, 5.74) is 6.85. The van der Waals surface area contributed by atoms with Crippen molar-refractivity contribution in [2.45, 2.75) is 4.90 Å². The summed E-state index contributed by atoms with van der Waals surface area (Å²) in [4.78, 5) is 8.92. The van der Waals surface area contributed by atoms with Crippen molar-refractivity contribution in [1.82, 2.24) is 9.55 Å². The molecule has 7 nitrogen and oxygen atoms in total. The predicted molar refractivity (Wildman–Crippen MR) is 114 cm³/mol. The molecule has 29 heavy (non-hydrogen) atoms. The number of fused-ring (bicyclic) bond motifs is 1. The number of hydrogen-bond acceptors (Lipinski definition) is 7. The number of pyridine rings is 2. The summed E-state index contributed by atoms with van der Waals surface area (Å²) in [6.07, 6.45) is 5.94. The molecule has 148 valence electrons. The Labute approximate surface area is 170 Å². The van der Waals surface area contributed by atoms with Gasteiger partial charge in [0.05, 0.1) is 12.6 Å². The quantitative estimate of drug-likeness (QED) is 0.348. The lowest BCUT2D eigenvalue weighted by Crippen LogP contribution is -2.27. The SMILES string of the molecule is CN=CC(=CN)c1cc(F)c(=N)n(C(=N)Sc2ccc3nccc(OC)c3c2)c1. The lowest BCUT2D eigenvalue weighted by Gasteiger charge is -2.12. The Morgan fingerprint density at radius 2 is 2.14 bits per heavy atom. The van der Waals surface area contributed by atoms with Gasteiger partial charge < -0.3 is 10.5 Å². The van der Waals surface area contributed by atoms with Crippen molar-refractivity contribution in [3.63, 3.8) is 0 Å². The van der Waals surface area contributed by atoms with E-state index in [-0.39, 0.29) is 5.17 Å². The van der Waals surface area contributed by atoms with Crippen LogP contribution in [0.2, 0.25) is 0 Å². The number of nitrogens with one attached hydrogen (secondary N) is 2. The van der Waals surface area contributed by atoms with Crippen LogP contribution in [0.4, 0.5) is 4.39 Å². The van der Waals surface area contributed by atoms with Crippen LogP contribution in [0, 0.1) is 16.6 Å². The minimum Gasteiger partial charge on any atom is -0.496 e. The van der Waals surface area contributed by atoms with E-state index < -0.39 is 11.3 Å². The maximum Gasteiger partial charge on any atom is 0.171 e. The molecule has 2 aromatic heterocycles. The van der Waals surface area contributed by atoms with Crippen molar-refractivity contribution >= 4 is 39.6 Å². The van der Waals surface area contributed by atoms with E-state index in [4.69, 9.17) is 21.3 Å². The van der Waals surface area contributed by atoms with Crippen molar-refractivity contribution in [2.75, 3.05) is 14.2 Å². The molecule has 2 heterocycles. The third-order valence-corrected chi connectivity index (χ3v) is 5.00. The Hall–Kier alpha value is -3.46. The number of methoxy groups -OCH3 is 1. The Kier molecular flexibility index (Phi) is 6.08. The van der Waals surface area contributed by atoms with Crippen LogP contribution in [0.25, 0.3) is 16.5 Å². The Morgan fingerprint density at radius 1 is 1.34 bits per heavy atom. The minimum absolute atomic E-state index is 0.0391. The van der Waals surface area contributed by atoms with E-state index in [1.165, 1.54) is 24.7 Å². The topological polar surface area (TPSA) is 113 Å². The largest absolute Gasteiger partial charge is 0.496 e. The number of hydrogen-bond donors (Lipinski definition) is 3. The van der Waals surface area contributed by atoms with Crippen LogP contribution in [-0.2, 0) is 0 Å². The molecule has 0 aliphatic carbocycles. The second kappa shape index (κ2) is 8.70. The summed E-state index contributed by atoms with van der Waals surface area (Å²) >= 11 is 1.09. The molecule has 4 N–H and O–H groups in total. The number of nitrogens with zero attached hydrogens (tertiary/aromatic N) is 3. The molecule has 0 aliphatic heterocycles. The third kappa shape index (κ3) is 4.19. The fraction of sp³-hybridized carbons (Fsp3) is 0.100. The van der Waals surface area contributed by atoms with E-state index in [9.17, 15) is 4.39 Å². The van der Waals surface area contributed by atoms with E-state index in [2.05, 4.69) is 9.98 Å². The van der Waals surface area contributed by atoms with Gasteiger partial charge in [-0.2, -0.15) is 0 Å². The molecule has 0 saturated heterocycles. The van der Waals surface area contributed by atoms with Crippen molar-refractivity contribution < 1.29 is 9.13 Å². The first-order valence-electron chi connectivity index (χ1n) is 8.49. The summed E-state index contributed by atoms with van der Waals surface area (Å²) in [7, 11) is 3.16. The number of halogens is 1. The molecule has 0 unspecified atom stereocenters. The maximum atomic E-state index is 14.3. The standard InChI is InChI=1S/C20H19FN6OS/c1-25-10-13(9-22)12-7-16(21)19(23)27(11-12)20(24)29-14-3-4-17-15(8-14)18(28-2)5-6-26-17/h3-11,23-24H,22H2,1-2H3. The van der Waals surface area contributed by atoms with Gasteiger partial charge in [-0.1, -0.05) is 11.8 Å².